The van der Waals surface area contributed by atoms with E-state index in [4.69, 9.17) is 10.2 Å². The maximum Gasteiger partial charge on any atom is 0.164 e. The Balaban J connectivity index is 2.76. The van der Waals surface area contributed by atoms with Gasteiger partial charge in [0, 0.05) is 6.42 Å². The van der Waals surface area contributed by atoms with Crippen molar-refractivity contribution in [3.8, 4) is 0 Å². The summed E-state index contributed by atoms with van der Waals surface area (Å²) in [5.41, 5.74) is 0. The lowest BCUT2D eigenvalue weighted by molar-refractivity contribution is -0.141. The molecule has 0 aliphatic heterocycles. The van der Waals surface area contributed by atoms with Crippen LogP contribution in [0.4, 0.5) is 0 Å². The number of carbonyl (C=O) groups is 2. The fourth-order valence-corrected chi connectivity index (χ4v) is 0.936. The average molecular weight is 156 g/mol. The largest absolute Gasteiger partial charge is 0.367 e. The van der Waals surface area contributed by atoms with Gasteiger partial charge in [0.2, 0.25) is 0 Å². The molecule has 0 aromatic carbocycles. The Bertz CT molecular complexity index is 216. The monoisotopic (exact) mass is 156 g/mol. The SMILES string of the molecule is O=C1C=CC(=O)C(C(O)O)C1. The van der Waals surface area contributed by atoms with Crippen molar-refractivity contribution in [2.45, 2.75) is 12.7 Å². The first-order chi connectivity index (χ1) is 5.11. The fraction of sp³-hybridized carbons (Fsp3) is 0.429. The van der Waals surface area contributed by atoms with E-state index in [0.717, 1.165) is 12.2 Å². The summed E-state index contributed by atoms with van der Waals surface area (Å²) in [4.78, 5) is 21.5. The highest BCUT2D eigenvalue weighted by Gasteiger charge is 2.28. The molecular formula is C7H8O4. The van der Waals surface area contributed by atoms with Crippen LogP contribution in [0.2, 0.25) is 0 Å². The summed E-state index contributed by atoms with van der Waals surface area (Å²) < 4.78 is 0. The van der Waals surface area contributed by atoms with E-state index in [9.17, 15) is 9.59 Å². The summed E-state index contributed by atoms with van der Waals surface area (Å²) in [6, 6.07) is 0. The maximum atomic E-state index is 10.8. The Labute approximate surface area is 63.1 Å². The first-order valence-corrected chi connectivity index (χ1v) is 3.22. The molecule has 0 amide bonds. The molecule has 0 aromatic heterocycles. The predicted octanol–water partition coefficient (Wildman–Crippen LogP) is -0.989. The number of allylic oxidation sites excluding steroid dienone is 2. The molecule has 1 rings (SSSR count). The second-order valence-electron chi connectivity index (χ2n) is 2.43. The Hall–Kier alpha value is -1.00. The highest BCUT2D eigenvalue weighted by molar-refractivity contribution is 6.05. The molecule has 1 unspecified atom stereocenters. The summed E-state index contributed by atoms with van der Waals surface area (Å²) >= 11 is 0. The number of hydrogen-bond acceptors (Lipinski definition) is 4. The number of hydrogen-bond donors (Lipinski definition) is 2. The lowest BCUT2D eigenvalue weighted by Gasteiger charge is -2.16. The van der Waals surface area contributed by atoms with Crippen molar-refractivity contribution in [1.82, 2.24) is 0 Å². The van der Waals surface area contributed by atoms with Gasteiger partial charge < -0.3 is 10.2 Å². The number of carbonyl (C=O) groups excluding carboxylic acids is 2. The highest BCUT2D eigenvalue weighted by Crippen LogP contribution is 2.14. The molecule has 4 heteroatoms. The van der Waals surface area contributed by atoms with Gasteiger partial charge in [0.1, 0.15) is 0 Å². The molecule has 0 spiro atoms. The van der Waals surface area contributed by atoms with Crippen LogP contribution >= 0.6 is 0 Å². The topological polar surface area (TPSA) is 74.6 Å². The summed E-state index contributed by atoms with van der Waals surface area (Å²) in [6.07, 6.45) is 0.404. The van der Waals surface area contributed by atoms with Gasteiger partial charge in [0.25, 0.3) is 0 Å². The molecule has 4 nitrogen and oxygen atoms in total. The van der Waals surface area contributed by atoms with Crippen LogP contribution in [0.25, 0.3) is 0 Å². The summed E-state index contributed by atoms with van der Waals surface area (Å²) in [6.45, 7) is 0. The molecule has 2 N–H and O–H groups in total. The van der Waals surface area contributed by atoms with E-state index < -0.39 is 18.0 Å². The molecule has 60 valence electrons. The van der Waals surface area contributed by atoms with Crippen LogP contribution in [0.15, 0.2) is 12.2 Å². The molecule has 0 bridgehead atoms. The Morgan fingerprint density at radius 1 is 1.36 bits per heavy atom. The van der Waals surface area contributed by atoms with Crippen molar-refractivity contribution in [1.29, 1.82) is 0 Å². The van der Waals surface area contributed by atoms with Crippen molar-refractivity contribution in [2.75, 3.05) is 0 Å². The maximum absolute atomic E-state index is 10.8. The minimum absolute atomic E-state index is 0.104. The van der Waals surface area contributed by atoms with Crippen LogP contribution in [0.1, 0.15) is 6.42 Å². The Morgan fingerprint density at radius 3 is 2.45 bits per heavy atom. The predicted molar refractivity (Wildman–Crippen MR) is 35.5 cm³/mol. The second-order valence-corrected chi connectivity index (χ2v) is 2.43. The van der Waals surface area contributed by atoms with Crippen molar-refractivity contribution in [2.24, 2.45) is 5.92 Å². The number of aliphatic hydroxyl groups excluding tert-OH is 1. The molecule has 11 heavy (non-hydrogen) atoms. The van der Waals surface area contributed by atoms with Gasteiger partial charge in [-0.05, 0) is 12.2 Å². The summed E-state index contributed by atoms with van der Waals surface area (Å²) in [7, 11) is 0. The standard InChI is InChI=1S/C7H8O4/c8-4-1-2-6(9)5(3-4)7(10)11/h1-2,5,7,10-11H,3H2. The summed E-state index contributed by atoms with van der Waals surface area (Å²) in [5, 5.41) is 17.2. The van der Waals surface area contributed by atoms with E-state index in [1.807, 2.05) is 0 Å². The molecular weight excluding hydrogens is 148 g/mol. The zero-order valence-electron chi connectivity index (χ0n) is 5.73. The van der Waals surface area contributed by atoms with Crippen molar-refractivity contribution in [3.05, 3.63) is 12.2 Å². The quantitative estimate of drug-likeness (QED) is 0.478. The molecule has 0 saturated heterocycles. The average Bonchev–Trinajstić information content (AvgIpc) is 1.94. The lowest BCUT2D eigenvalue weighted by atomic mass is 9.92. The highest BCUT2D eigenvalue weighted by atomic mass is 16.5. The van der Waals surface area contributed by atoms with Crippen LogP contribution in [-0.4, -0.2) is 28.1 Å². The molecule has 0 heterocycles. The Kier molecular flexibility index (Phi) is 2.16. The van der Waals surface area contributed by atoms with Gasteiger partial charge in [-0.15, -0.1) is 0 Å². The van der Waals surface area contributed by atoms with Gasteiger partial charge in [0.15, 0.2) is 17.9 Å². The molecule has 1 aliphatic carbocycles. The minimum Gasteiger partial charge on any atom is -0.367 e. The van der Waals surface area contributed by atoms with Crippen molar-refractivity contribution >= 4 is 11.6 Å². The number of aliphatic hydroxyl groups is 2. The molecule has 0 saturated carbocycles. The van der Waals surface area contributed by atoms with Crippen LogP contribution in [0, 0.1) is 5.92 Å². The molecule has 1 aliphatic rings. The molecule has 0 aromatic rings. The van der Waals surface area contributed by atoms with Gasteiger partial charge in [-0.25, -0.2) is 0 Å². The minimum atomic E-state index is -1.73. The smallest absolute Gasteiger partial charge is 0.164 e. The van der Waals surface area contributed by atoms with E-state index in [1.54, 1.807) is 0 Å². The first kappa shape index (κ1) is 8.10. The summed E-state index contributed by atoms with van der Waals surface area (Å²) in [5.74, 6) is -1.62. The van der Waals surface area contributed by atoms with Crippen LogP contribution in [-0.2, 0) is 9.59 Å². The van der Waals surface area contributed by atoms with E-state index in [0.29, 0.717) is 0 Å². The van der Waals surface area contributed by atoms with E-state index in [1.165, 1.54) is 0 Å². The molecule has 1 atom stereocenters. The van der Waals surface area contributed by atoms with Gasteiger partial charge in [0.05, 0.1) is 5.92 Å². The third kappa shape index (κ3) is 1.72. The first-order valence-electron chi connectivity index (χ1n) is 3.22. The van der Waals surface area contributed by atoms with Gasteiger partial charge in [-0.3, -0.25) is 9.59 Å². The van der Waals surface area contributed by atoms with Gasteiger partial charge in [-0.1, -0.05) is 0 Å². The normalized spacial score (nSPS) is 24.8. The van der Waals surface area contributed by atoms with E-state index in [-0.39, 0.29) is 12.2 Å². The third-order valence-corrected chi connectivity index (χ3v) is 1.58. The van der Waals surface area contributed by atoms with Gasteiger partial charge >= 0.3 is 0 Å². The van der Waals surface area contributed by atoms with Crippen LogP contribution < -0.4 is 0 Å². The van der Waals surface area contributed by atoms with E-state index >= 15 is 0 Å². The Morgan fingerprint density at radius 2 is 2.00 bits per heavy atom. The fourth-order valence-electron chi connectivity index (χ4n) is 0.936. The zero-order valence-corrected chi connectivity index (χ0v) is 5.73. The van der Waals surface area contributed by atoms with Crippen LogP contribution in [0.3, 0.4) is 0 Å². The lowest BCUT2D eigenvalue weighted by Crippen LogP contribution is -2.31. The van der Waals surface area contributed by atoms with Crippen LogP contribution in [0.5, 0.6) is 0 Å². The number of rotatable bonds is 1. The van der Waals surface area contributed by atoms with E-state index in [2.05, 4.69) is 0 Å². The van der Waals surface area contributed by atoms with Gasteiger partial charge in [-0.2, -0.15) is 0 Å². The van der Waals surface area contributed by atoms with Crippen molar-refractivity contribution < 1.29 is 19.8 Å². The second kappa shape index (κ2) is 2.94. The zero-order chi connectivity index (χ0) is 8.43. The molecule has 0 radical (unpaired) electrons. The third-order valence-electron chi connectivity index (χ3n) is 1.58. The molecule has 0 fully saturated rings. The van der Waals surface area contributed by atoms with Crippen molar-refractivity contribution in [3.63, 3.8) is 0 Å². The number of ketones is 2.